The first-order chi connectivity index (χ1) is 23.6. The van der Waals surface area contributed by atoms with Crippen molar-refractivity contribution >= 4 is 39.4 Å². The van der Waals surface area contributed by atoms with Gasteiger partial charge in [-0.2, -0.15) is 0 Å². The van der Waals surface area contributed by atoms with Crippen molar-refractivity contribution in [2.24, 2.45) is 17.8 Å². The quantitative estimate of drug-likeness (QED) is 0.143. The summed E-state index contributed by atoms with van der Waals surface area (Å²) in [6.07, 6.45) is 1.43. The maximum Gasteiger partial charge on any atom is 0.338 e. The second-order valence-corrected chi connectivity index (χ2v) is 14.9. The minimum atomic E-state index is -0.698. The standard InChI is InChI=1S/C39H42N3O5SSi/c1-23(2)33(31-18-26-12-7-8-13-29(26)34(31)43)38(45)42-17-9-14-32(42)36(49)37(44)40-20-28-16-15-27(35-24(3)41-22-48-35)19-30(28)39(46)47-21-25-10-5-4-6-11-25/h4-8,10-13,15-16,19,22-23,31-34,36,43H,9,14,17-18,20-21H2,1-3H3,(H,40,44)/t31?,32?,33-,34?,36-/m0/s1. The molecule has 3 aromatic carbocycles. The molecule has 1 fully saturated rings. The van der Waals surface area contributed by atoms with Crippen LogP contribution in [0.1, 0.15) is 71.1 Å². The number of nitrogens with one attached hydrogen (secondary N) is 1. The molecule has 1 aliphatic heterocycles. The molecule has 3 unspecified atom stereocenters. The highest BCUT2D eigenvalue weighted by Crippen LogP contribution is 2.44. The molecule has 4 aromatic rings. The molecule has 10 heteroatoms. The van der Waals surface area contributed by atoms with Crippen LogP contribution in [0.2, 0.25) is 5.54 Å². The van der Waals surface area contributed by atoms with E-state index >= 15 is 0 Å². The molecule has 5 atom stereocenters. The van der Waals surface area contributed by atoms with Gasteiger partial charge in [-0.05, 0) is 66.0 Å². The molecule has 0 spiro atoms. The average molecular weight is 693 g/mol. The summed E-state index contributed by atoms with van der Waals surface area (Å²) in [6, 6.07) is 22.6. The van der Waals surface area contributed by atoms with Crippen LogP contribution in [0.15, 0.2) is 78.3 Å². The van der Waals surface area contributed by atoms with Crippen molar-refractivity contribution in [2.75, 3.05) is 6.54 Å². The van der Waals surface area contributed by atoms with E-state index in [1.807, 2.05) is 92.4 Å². The highest BCUT2D eigenvalue weighted by atomic mass is 32.1. The van der Waals surface area contributed by atoms with Crippen LogP contribution in [0.4, 0.5) is 0 Å². The number of esters is 1. The average Bonchev–Trinajstić information content (AvgIpc) is 3.85. The second kappa shape index (κ2) is 15.2. The fourth-order valence-electron chi connectivity index (χ4n) is 7.40. The van der Waals surface area contributed by atoms with Gasteiger partial charge in [0.25, 0.3) is 0 Å². The van der Waals surface area contributed by atoms with Crippen LogP contribution in [-0.4, -0.2) is 55.6 Å². The number of aliphatic hydroxyl groups is 1. The molecule has 253 valence electrons. The lowest BCUT2D eigenvalue weighted by molar-refractivity contribution is -0.142. The number of carbonyl (C=O) groups is 3. The maximum atomic E-state index is 14.2. The van der Waals surface area contributed by atoms with Crippen molar-refractivity contribution < 1.29 is 24.2 Å². The Hall–Kier alpha value is -4.12. The molecule has 1 aromatic heterocycles. The molecule has 2 heterocycles. The topological polar surface area (TPSA) is 109 Å². The smallest absolute Gasteiger partial charge is 0.338 e. The van der Waals surface area contributed by atoms with Crippen LogP contribution in [0, 0.1) is 24.7 Å². The number of hydrogen-bond acceptors (Lipinski definition) is 7. The van der Waals surface area contributed by atoms with Crippen LogP contribution in [0.5, 0.6) is 0 Å². The molecule has 2 N–H and O–H groups in total. The summed E-state index contributed by atoms with van der Waals surface area (Å²) in [4.78, 5) is 48.5. The normalized spacial score (nSPS) is 19.8. The molecular weight excluding hydrogens is 651 g/mol. The zero-order chi connectivity index (χ0) is 34.7. The van der Waals surface area contributed by atoms with Gasteiger partial charge in [0.1, 0.15) is 6.61 Å². The lowest BCUT2D eigenvalue weighted by Gasteiger charge is -2.36. The lowest BCUT2D eigenvalue weighted by atomic mass is 9.79. The number of carbonyl (C=O) groups excluding carboxylic acids is 3. The first-order valence-corrected chi connectivity index (χ1v) is 18.4. The SMILES string of the molecule is Cc1ncsc1-c1ccc(CNC(=O)[C@@H]([Si])C2CCCN2C(=O)[C@@H](C(C)C)C2Cc3ccccc3C2O)c(C(=O)OCc2ccccc2)c1. The van der Waals surface area contributed by atoms with E-state index in [0.29, 0.717) is 30.5 Å². The number of rotatable bonds is 11. The molecule has 49 heavy (non-hydrogen) atoms. The van der Waals surface area contributed by atoms with Crippen LogP contribution in [0.25, 0.3) is 10.4 Å². The third kappa shape index (κ3) is 7.41. The number of fused-ring (bicyclic) bond motifs is 1. The van der Waals surface area contributed by atoms with Crippen molar-refractivity contribution in [3.05, 3.63) is 112 Å². The van der Waals surface area contributed by atoms with Gasteiger partial charge in [-0.15, -0.1) is 11.3 Å². The highest BCUT2D eigenvalue weighted by Gasteiger charge is 2.45. The van der Waals surface area contributed by atoms with Crippen LogP contribution in [0.3, 0.4) is 0 Å². The number of amides is 2. The number of aliphatic hydroxyl groups excluding tert-OH is 1. The Morgan fingerprint density at radius 1 is 1.08 bits per heavy atom. The van der Waals surface area contributed by atoms with E-state index in [1.54, 1.807) is 11.6 Å². The van der Waals surface area contributed by atoms with Gasteiger partial charge in [0.2, 0.25) is 11.8 Å². The predicted octanol–water partition coefficient (Wildman–Crippen LogP) is 6.22. The minimum Gasteiger partial charge on any atom is -0.457 e. The van der Waals surface area contributed by atoms with E-state index in [4.69, 9.17) is 4.74 Å². The molecule has 0 saturated carbocycles. The first kappa shape index (κ1) is 34.7. The summed E-state index contributed by atoms with van der Waals surface area (Å²) in [7, 11) is 3.71. The van der Waals surface area contributed by atoms with E-state index in [0.717, 1.165) is 39.2 Å². The number of ether oxygens (including phenoxy) is 1. The summed E-state index contributed by atoms with van der Waals surface area (Å²) in [5, 5.41) is 14.3. The van der Waals surface area contributed by atoms with Crippen LogP contribution >= 0.6 is 11.3 Å². The van der Waals surface area contributed by atoms with Crippen LogP contribution < -0.4 is 5.32 Å². The number of likely N-dealkylation sites (tertiary alicyclic amines) is 1. The molecule has 1 aliphatic carbocycles. The molecule has 1 saturated heterocycles. The minimum absolute atomic E-state index is 0.0113. The number of benzene rings is 3. The van der Waals surface area contributed by atoms with Crippen molar-refractivity contribution in [3.8, 4) is 10.4 Å². The first-order valence-electron chi connectivity index (χ1n) is 16.9. The van der Waals surface area contributed by atoms with Crippen molar-refractivity contribution in [1.82, 2.24) is 15.2 Å². The molecule has 3 radical (unpaired) electrons. The monoisotopic (exact) mass is 692 g/mol. The highest BCUT2D eigenvalue weighted by molar-refractivity contribution is 7.13. The molecule has 2 amide bonds. The summed E-state index contributed by atoms with van der Waals surface area (Å²) in [5.74, 6) is -1.33. The molecular formula is C39H42N3O5SSi. The Labute approximate surface area is 295 Å². The second-order valence-electron chi connectivity index (χ2n) is 13.4. The Bertz CT molecular complexity index is 1810. The zero-order valence-electron chi connectivity index (χ0n) is 28.1. The van der Waals surface area contributed by atoms with Gasteiger partial charge in [-0.25, -0.2) is 9.78 Å². The van der Waals surface area contributed by atoms with Gasteiger partial charge in [-0.3, -0.25) is 9.59 Å². The summed E-state index contributed by atoms with van der Waals surface area (Å²) in [6.45, 7) is 6.80. The summed E-state index contributed by atoms with van der Waals surface area (Å²) < 4.78 is 5.71. The van der Waals surface area contributed by atoms with E-state index in [-0.39, 0.29) is 48.8 Å². The molecule has 8 nitrogen and oxygen atoms in total. The Balaban J connectivity index is 1.16. The molecule has 0 bridgehead atoms. The molecule has 6 rings (SSSR count). The zero-order valence-corrected chi connectivity index (χ0v) is 29.9. The van der Waals surface area contributed by atoms with E-state index in [1.165, 1.54) is 11.3 Å². The van der Waals surface area contributed by atoms with Crippen molar-refractivity contribution in [2.45, 2.75) is 70.9 Å². The number of aryl methyl sites for hydroxylation is 1. The Morgan fingerprint density at radius 3 is 2.55 bits per heavy atom. The number of aromatic nitrogens is 1. The Kier molecular flexibility index (Phi) is 10.8. The number of hydrogen-bond donors (Lipinski definition) is 2. The van der Waals surface area contributed by atoms with Crippen molar-refractivity contribution in [3.63, 3.8) is 0 Å². The predicted molar refractivity (Wildman–Crippen MR) is 191 cm³/mol. The van der Waals surface area contributed by atoms with Gasteiger partial charge < -0.3 is 20.1 Å². The largest absolute Gasteiger partial charge is 0.457 e. The summed E-state index contributed by atoms with van der Waals surface area (Å²) in [5.41, 5.74) is 6.73. The third-order valence-corrected chi connectivity index (χ3v) is 11.6. The Morgan fingerprint density at radius 2 is 1.84 bits per heavy atom. The number of thiazole rings is 1. The van der Waals surface area contributed by atoms with Crippen LogP contribution in [-0.2, 0) is 33.9 Å². The third-order valence-electron chi connectivity index (χ3n) is 9.95. The maximum absolute atomic E-state index is 14.2. The van der Waals surface area contributed by atoms with E-state index in [2.05, 4.69) is 20.5 Å². The van der Waals surface area contributed by atoms with E-state index in [9.17, 15) is 19.5 Å². The lowest BCUT2D eigenvalue weighted by Crippen LogP contribution is -2.48. The van der Waals surface area contributed by atoms with Crippen molar-refractivity contribution in [1.29, 1.82) is 0 Å². The summed E-state index contributed by atoms with van der Waals surface area (Å²) >= 11 is 1.50. The van der Waals surface area contributed by atoms with Gasteiger partial charge in [-0.1, -0.05) is 80.6 Å². The van der Waals surface area contributed by atoms with Gasteiger partial charge in [0, 0.05) is 46.8 Å². The van der Waals surface area contributed by atoms with Gasteiger partial charge >= 0.3 is 5.97 Å². The van der Waals surface area contributed by atoms with Gasteiger partial charge in [0.15, 0.2) is 0 Å². The van der Waals surface area contributed by atoms with E-state index < -0.39 is 17.6 Å². The molecule has 2 aliphatic rings. The fraction of sp³-hybridized carbons (Fsp3) is 0.385. The number of nitrogens with zero attached hydrogens (tertiary/aromatic N) is 2. The van der Waals surface area contributed by atoms with Gasteiger partial charge in [0.05, 0.1) is 27.7 Å². The fourth-order valence-corrected chi connectivity index (χ4v) is 8.65.